The molecular weight excluding hydrogens is 839 g/mol. The fourth-order valence-corrected chi connectivity index (χ4v) is 10.1. The van der Waals surface area contributed by atoms with Gasteiger partial charge in [-0.25, -0.2) is 0 Å². The highest BCUT2D eigenvalue weighted by Gasteiger charge is 2.20. The number of esters is 1. The second kappa shape index (κ2) is 58.4. The van der Waals surface area contributed by atoms with Gasteiger partial charge in [-0.3, -0.25) is 9.59 Å². The van der Waals surface area contributed by atoms with E-state index in [0.717, 1.165) is 38.5 Å². The average molecular weight is 963 g/mol. The van der Waals surface area contributed by atoms with Crippen molar-refractivity contribution in [2.45, 2.75) is 373 Å². The molecule has 2 unspecified atom stereocenters. The number of hydrogen-bond acceptors (Lipinski definition) is 5. The lowest BCUT2D eigenvalue weighted by Gasteiger charge is -2.22. The molecule has 0 aliphatic carbocycles. The Morgan fingerprint density at radius 1 is 0.353 bits per heavy atom. The van der Waals surface area contributed by atoms with Crippen LogP contribution < -0.4 is 5.32 Å². The van der Waals surface area contributed by atoms with Crippen molar-refractivity contribution in [2.24, 2.45) is 0 Å². The number of nitrogens with one attached hydrogen (secondary N) is 1. The van der Waals surface area contributed by atoms with Crippen LogP contribution in [0, 0.1) is 0 Å². The van der Waals surface area contributed by atoms with E-state index in [0.29, 0.717) is 25.9 Å². The van der Waals surface area contributed by atoms with Crippen LogP contribution in [0.15, 0.2) is 0 Å². The van der Waals surface area contributed by atoms with Crippen molar-refractivity contribution >= 4 is 11.9 Å². The molecule has 68 heavy (non-hydrogen) atoms. The molecule has 406 valence electrons. The van der Waals surface area contributed by atoms with Crippen LogP contribution in [0.4, 0.5) is 0 Å². The van der Waals surface area contributed by atoms with Gasteiger partial charge in [-0.05, 0) is 25.7 Å². The van der Waals surface area contributed by atoms with Gasteiger partial charge in [-0.1, -0.05) is 322 Å². The van der Waals surface area contributed by atoms with E-state index in [1.807, 2.05) is 0 Å². The van der Waals surface area contributed by atoms with E-state index in [9.17, 15) is 19.8 Å². The molecule has 2 atom stereocenters. The zero-order chi connectivity index (χ0) is 49.3. The number of unbranched alkanes of at least 4 members (excludes halogenated alkanes) is 48. The zero-order valence-electron chi connectivity index (χ0n) is 46.4. The normalized spacial score (nSPS) is 12.5. The second-order valence-corrected chi connectivity index (χ2v) is 21.8. The Bertz CT molecular complexity index is 975. The molecule has 0 aromatic heterocycles. The highest BCUT2D eigenvalue weighted by Crippen LogP contribution is 2.19. The lowest BCUT2D eigenvalue weighted by molar-refractivity contribution is -0.143. The Labute approximate surface area is 426 Å². The molecule has 0 saturated carbocycles. The molecule has 0 radical (unpaired) electrons. The van der Waals surface area contributed by atoms with E-state index >= 15 is 0 Å². The summed E-state index contributed by atoms with van der Waals surface area (Å²) in [4.78, 5) is 24.5. The SMILES string of the molecule is CCCCCCCCCCCCCCCCCCCCCCCCC(O)C(CO)NC(=O)CCCCCCCCCCCCCCCCCCCOC(=O)CCCCCCCCCCCCCC. The fourth-order valence-electron chi connectivity index (χ4n) is 10.1. The van der Waals surface area contributed by atoms with Gasteiger partial charge in [-0.2, -0.15) is 0 Å². The number of aliphatic hydroxyl groups excluding tert-OH is 2. The van der Waals surface area contributed by atoms with Crippen LogP contribution in [0.1, 0.15) is 361 Å². The molecule has 0 aromatic rings. The fraction of sp³-hybridized carbons (Fsp3) is 0.968. The topological polar surface area (TPSA) is 95.9 Å². The van der Waals surface area contributed by atoms with Crippen molar-refractivity contribution in [2.75, 3.05) is 13.2 Å². The van der Waals surface area contributed by atoms with Gasteiger partial charge >= 0.3 is 5.97 Å². The Kier molecular flexibility index (Phi) is 57.5. The monoisotopic (exact) mass is 962 g/mol. The molecule has 0 aromatic carbocycles. The van der Waals surface area contributed by atoms with E-state index in [4.69, 9.17) is 4.74 Å². The molecule has 0 saturated heterocycles. The lowest BCUT2D eigenvalue weighted by atomic mass is 10.0. The number of aliphatic hydroxyl groups is 2. The van der Waals surface area contributed by atoms with Crippen LogP contribution >= 0.6 is 0 Å². The Hall–Kier alpha value is -1.14. The van der Waals surface area contributed by atoms with Crippen molar-refractivity contribution in [3.8, 4) is 0 Å². The van der Waals surface area contributed by atoms with E-state index < -0.39 is 12.1 Å². The molecule has 0 aliphatic heterocycles. The summed E-state index contributed by atoms with van der Waals surface area (Å²) in [5.74, 6) is -0.0280. The van der Waals surface area contributed by atoms with Crippen molar-refractivity contribution in [3.05, 3.63) is 0 Å². The molecular formula is C62H123NO5. The first kappa shape index (κ1) is 66.9. The van der Waals surface area contributed by atoms with Crippen LogP contribution in [0.5, 0.6) is 0 Å². The number of carbonyl (C=O) groups is 2. The van der Waals surface area contributed by atoms with Gasteiger partial charge in [0.05, 0.1) is 25.4 Å². The number of carbonyl (C=O) groups excluding carboxylic acids is 2. The molecule has 6 nitrogen and oxygen atoms in total. The Morgan fingerprint density at radius 2 is 0.603 bits per heavy atom. The third kappa shape index (κ3) is 54.2. The van der Waals surface area contributed by atoms with Crippen LogP contribution in [-0.2, 0) is 14.3 Å². The van der Waals surface area contributed by atoms with Gasteiger partial charge in [0.2, 0.25) is 5.91 Å². The number of ether oxygens (including phenoxy) is 1. The number of rotatable bonds is 59. The molecule has 0 aliphatic rings. The standard InChI is InChI=1S/C62H123NO5/c1-3-5-7-9-11-13-15-17-18-19-20-21-22-23-25-28-31-34-38-42-46-50-54-60(65)59(58-64)63-61(66)55-51-47-43-39-35-32-29-26-24-27-30-33-37-41-45-49-53-57-68-62(67)56-52-48-44-40-36-16-14-12-10-8-6-4-2/h59-60,64-65H,3-58H2,1-2H3,(H,63,66). The maximum Gasteiger partial charge on any atom is 0.305 e. The third-order valence-electron chi connectivity index (χ3n) is 14.9. The molecule has 0 fully saturated rings. The van der Waals surface area contributed by atoms with Crippen molar-refractivity contribution < 1.29 is 24.5 Å². The predicted molar refractivity (Wildman–Crippen MR) is 297 cm³/mol. The third-order valence-corrected chi connectivity index (χ3v) is 14.9. The van der Waals surface area contributed by atoms with Gasteiger partial charge in [0.1, 0.15) is 0 Å². The zero-order valence-corrected chi connectivity index (χ0v) is 46.4. The first-order chi connectivity index (χ1) is 33.5. The lowest BCUT2D eigenvalue weighted by Crippen LogP contribution is -2.45. The van der Waals surface area contributed by atoms with E-state index in [1.54, 1.807) is 0 Å². The molecule has 0 bridgehead atoms. The molecule has 1 amide bonds. The maximum absolute atomic E-state index is 12.5. The van der Waals surface area contributed by atoms with Crippen LogP contribution in [0.25, 0.3) is 0 Å². The summed E-state index contributed by atoms with van der Waals surface area (Å²) in [5, 5.41) is 23.4. The van der Waals surface area contributed by atoms with Gasteiger partial charge < -0.3 is 20.3 Å². The summed E-state index contributed by atoms with van der Waals surface area (Å²) in [6.45, 7) is 4.98. The smallest absolute Gasteiger partial charge is 0.305 e. The van der Waals surface area contributed by atoms with E-state index in [1.165, 1.54) is 289 Å². The summed E-state index contributed by atoms with van der Waals surface area (Å²) in [6, 6.07) is -0.545. The Balaban J connectivity index is 3.40. The quantitative estimate of drug-likeness (QED) is 0.0417. The van der Waals surface area contributed by atoms with Crippen LogP contribution in [0.2, 0.25) is 0 Å². The Morgan fingerprint density at radius 3 is 0.897 bits per heavy atom. The number of amides is 1. The van der Waals surface area contributed by atoms with Crippen LogP contribution in [-0.4, -0.2) is 47.4 Å². The predicted octanol–water partition coefficient (Wildman–Crippen LogP) is 19.5. The number of hydrogen-bond donors (Lipinski definition) is 3. The van der Waals surface area contributed by atoms with E-state index in [2.05, 4.69) is 19.2 Å². The van der Waals surface area contributed by atoms with Gasteiger partial charge in [0.25, 0.3) is 0 Å². The minimum atomic E-state index is -0.668. The first-order valence-corrected chi connectivity index (χ1v) is 31.3. The van der Waals surface area contributed by atoms with Gasteiger partial charge in [-0.15, -0.1) is 0 Å². The summed E-state index contributed by atoms with van der Waals surface area (Å²) >= 11 is 0. The first-order valence-electron chi connectivity index (χ1n) is 31.3. The minimum Gasteiger partial charge on any atom is -0.466 e. The summed E-state index contributed by atoms with van der Waals surface area (Å²) in [5.41, 5.74) is 0. The molecule has 0 rings (SSSR count). The van der Waals surface area contributed by atoms with E-state index in [-0.39, 0.29) is 18.5 Å². The maximum atomic E-state index is 12.5. The molecule has 0 spiro atoms. The van der Waals surface area contributed by atoms with Gasteiger partial charge in [0, 0.05) is 12.8 Å². The highest BCUT2D eigenvalue weighted by atomic mass is 16.5. The summed E-state index contributed by atoms with van der Waals surface area (Å²) in [7, 11) is 0. The molecule has 0 heterocycles. The average Bonchev–Trinajstić information content (AvgIpc) is 3.34. The van der Waals surface area contributed by atoms with Crippen molar-refractivity contribution in [1.29, 1.82) is 0 Å². The molecule has 6 heteroatoms. The van der Waals surface area contributed by atoms with Crippen LogP contribution in [0.3, 0.4) is 0 Å². The second-order valence-electron chi connectivity index (χ2n) is 21.8. The van der Waals surface area contributed by atoms with Crippen molar-refractivity contribution in [3.63, 3.8) is 0 Å². The largest absolute Gasteiger partial charge is 0.466 e. The minimum absolute atomic E-state index is 0.00745. The van der Waals surface area contributed by atoms with Gasteiger partial charge in [0.15, 0.2) is 0 Å². The summed E-state index contributed by atoms with van der Waals surface area (Å²) < 4.78 is 5.47. The molecule has 3 N–H and O–H groups in total. The summed E-state index contributed by atoms with van der Waals surface area (Å²) in [6.07, 6.45) is 68.2. The highest BCUT2D eigenvalue weighted by molar-refractivity contribution is 5.76. The van der Waals surface area contributed by atoms with Crippen molar-refractivity contribution in [1.82, 2.24) is 5.32 Å².